The Bertz CT molecular complexity index is 679. The number of hydrogen-bond donors (Lipinski definition) is 2. The lowest BCUT2D eigenvalue weighted by atomic mass is 10.1. The molecule has 4 nitrogen and oxygen atoms in total. The van der Waals surface area contributed by atoms with Crippen LogP contribution >= 0.6 is 23.6 Å². The first-order valence-electron chi connectivity index (χ1n) is 5.41. The summed E-state index contributed by atoms with van der Waals surface area (Å²) >= 11 is 6.07. The highest BCUT2D eigenvalue weighted by molar-refractivity contribution is 7.91. The van der Waals surface area contributed by atoms with Gasteiger partial charge in [-0.25, -0.2) is 13.1 Å². The van der Waals surface area contributed by atoms with Gasteiger partial charge in [0.25, 0.3) is 0 Å². The molecule has 2 rings (SSSR count). The van der Waals surface area contributed by atoms with Crippen LogP contribution in [0.1, 0.15) is 11.1 Å². The fraction of sp³-hybridized carbons (Fsp3) is 0.0833. The molecule has 1 heterocycles. The lowest BCUT2D eigenvalue weighted by molar-refractivity contribution is 0.583. The molecular formula is C12H12N2O2S3. The van der Waals surface area contributed by atoms with Gasteiger partial charge in [-0.15, -0.1) is 11.3 Å². The third kappa shape index (κ3) is 3.60. The van der Waals surface area contributed by atoms with Gasteiger partial charge >= 0.3 is 0 Å². The van der Waals surface area contributed by atoms with Gasteiger partial charge in [0.15, 0.2) is 0 Å². The molecule has 7 heteroatoms. The van der Waals surface area contributed by atoms with E-state index in [1.54, 1.807) is 35.7 Å². The number of thiocarbonyl (C=S) groups is 1. The van der Waals surface area contributed by atoms with Crippen LogP contribution < -0.4 is 10.5 Å². The third-order valence-electron chi connectivity index (χ3n) is 2.44. The van der Waals surface area contributed by atoms with E-state index < -0.39 is 10.0 Å². The molecule has 0 aliphatic heterocycles. The molecule has 0 aliphatic rings. The normalized spacial score (nSPS) is 11.4. The monoisotopic (exact) mass is 312 g/mol. The molecule has 0 amide bonds. The molecule has 0 saturated carbocycles. The fourth-order valence-electron chi connectivity index (χ4n) is 1.50. The van der Waals surface area contributed by atoms with Crippen LogP contribution in [-0.2, 0) is 16.6 Å². The molecule has 0 aliphatic carbocycles. The number of nitrogens with one attached hydrogen (secondary N) is 1. The first kappa shape index (κ1) is 14.1. The van der Waals surface area contributed by atoms with Crippen molar-refractivity contribution < 1.29 is 8.42 Å². The SMILES string of the molecule is NC(=S)c1cccc(CNS(=O)(=O)c2cccs2)c1. The quantitative estimate of drug-likeness (QED) is 0.827. The van der Waals surface area contributed by atoms with Gasteiger partial charge in [-0.3, -0.25) is 0 Å². The summed E-state index contributed by atoms with van der Waals surface area (Å²) in [5.41, 5.74) is 7.07. The maximum Gasteiger partial charge on any atom is 0.250 e. The Balaban J connectivity index is 2.11. The highest BCUT2D eigenvalue weighted by Crippen LogP contribution is 2.16. The summed E-state index contributed by atoms with van der Waals surface area (Å²) in [4.78, 5) is 0.294. The Labute approximate surface area is 121 Å². The molecule has 1 aromatic carbocycles. The average Bonchev–Trinajstić information content (AvgIpc) is 2.91. The highest BCUT2D eigenvalue weighted by atomic mass is 32.2. The van der Waals surface area contributed by atoms with Gasteiger partial charge in [0.2, 0.25) is 10.0 Å². The molecule has 0 bridgehead atoms. The van der Waals surface area contributed by atoms with Crippen LogP contribution in [-0.4, -0.2) is 13.4 Å². The van der Waals surface area contributed by atoms with Crippen LogP contribution in [0.4, 0.5) is 0 Å². The van der Waals surface area contributed by atoms with Crippen LogP contribution in [0.2, 0.25) is 0 Å². The molecule has 0 saturated heterocycles. The zero-order chi connectivity index (χ0) is 13.9. The number of sulfonamides is 1. The van der Waals surface area contributed by atoms with E-state index in [0.717, 1.165) is 11.1 Å². The van der Waals surface area contributed by atoms with E-state index in [1.807, 2.05) is 6.07 Å². The second kappa shape index (κ2) is 5.79. The molecule has 100 valence electrons. The van der Waals surface area contributed by atoms with Gasteiger partial charge in [-0.2, -0.15) is 0 Å². The van der Waals surface area contributed by atoms with E-state index in [-0.39, 0.29) is 6.54 Å². The third-order valence-corrected chi connectivity index (χ3v) is 5.47. The van der Waals surface area contributed by atoms with Crippen LogP contribution in [0.3, 0.4) is 0 Å². The molecule has 0 atom stereocenters. The molecule has 0 spiro atoms. The van der Waals surface area contributed by atoms with Crippen molar-refractivity contribution in [3.05, 3.63) is 52.9 Å². The summed E-state index contributed by atoms with van der Waals surface area (Å²) in [6, 6.07) is 10.5. The Morgan fingerprint density at radius 1 is 1.32 bits per heavy atom. The smallest absolute Gasteiger partial charge is 0.250 e. The highest BCUT2D eigenvalue weighted by Gasteiger charge is 2.14. The summed E-state index contributed by atoms with van der Waals surface area (Å²) in [5.74, 6) is 0. The number of benzene rings is 1. The summed E-state index contributed by atoms with van der Waals surface area (Å²) < 4.78 is 26.7. The number of nitrogens with two attached hydrogens (primary N) is 1. The van der Waals surface area contributed by atoms with E-state index in [4.69, 9.17) is 18.0 Å². The standard InChI is InChI=1S/C12H12N2O2S3/c13-12(17)10-4-1-3-9(7-10)8-14-19(15,16)11-5-2-6-18-11/h1-7,14H,8H2,(H2,13,17). The fourth-order valence-corrected chi connectivity index (χ4v) is 3.68. The lowest BCUT2D eigenvalue weighted by Gasteiger charge is -2.06. The van der Waals surface area contributed by atoms with Crippen molar-refractivity contribution in [1.82, 2.24) is 4.72 Å². The van der Waals surface area contributed by atoms with Crippen LogP contribution in [0.5, 0.6) is 0 Å². The molecule has 0 radical (unpaired) electrons. The molecule has 0 fully saturated rings. The first-order chi connectivity index (χ1) is 8.99. The molecule has 3 N–H and O–H groups in total. The second-order valence-electron chi connectivity index (χ2n) is 3.82. The summed E-state index contributed by atoms with van der Waals surface area (Å²) in [5, 5.41) is 1.72. The van der Waals surface area contributed by atoms with Crippen molar-refractivity contribution in [2.45, 2.75) is 10.8 Å². The van der Waals surface area contributed by atoms with E-state index in [0.29, 0.717) is 9.20 Å². The maximum absolute atomic E-state index is 11.9. The Kier molecular flexibility index (Phi) is 4.31. The van der Waals surface area contributed by atoms with Crippen molar-refractivity contribution in [3.63, 3.8) is 0 Å². The number of hydrogen-bond acceptors (Lipinski definition) is 4. The minimum absolute atomic E-state index is 0.205. The largest absolute Gasteiger partial charge is 0.389 e. The Morgan fingerprint density at radius 3 is 2.74 bits per heavy atom. The van der Waals surface area contributed by atoms with Gasteiger partial charge in [-0.1, -0.05) is 36.5 Å². The summed E-state index contributed by atoms with van der Waals surface area (Å²) in [6.07, 6.45) is 0. The Hall–Kier alpha value is -1.28. The number of thiophene rings is 1. The zero-order valence-corrected chi connectivity index (χ0v) is 12.3. The van der Waals surface area contributed by atoms with Crippen LogP contribution in [0.15, 0.2) is 46.0 Å². The Morgan fingerprint density at radius 2 is 2.11 bits per heavy atom. The average molecular weight is 312 g/mol. The van der Waals surface area contributed by atoms with Gasteiger partial charge in [0, 0.05) is 12.1 Å². The molecule has 19 heavy (non-hydrogen) atoms. The van der Waals surface area contributed by atoms with Crippen molar-refractivity contribution in [1.29, 1.82) is 0 Å². The van der Waals surface area contributed by atoms with Crippen molar-refractivity contribution in [3.8, 4) is 0 Å². The zero-order valence-electron chi connectivity index (χ0n) is 9.87. The predicted octanol–water partition coefficient (Wildman–Crippen LogP) is 1.86. The first-order valence-corrected chi connectivity index (χ1v) is 8.18. The van der Waals surface area contributed by atoms with E-state index in [9.17, 15) is 8.42 Å². The van der Waals surface area contributed by atoms with E-state index in [1.165, 1.54) is 11.3 Å². The predicted molar refractivity (Wildman–Crippen MR) is 80.7 cm³/mol. The second-order valence-corrected chi connectivity index (χ2v) is 7.20. The minimum Gasteiger partial charge on any atom is -0.389 e. The molecule has 0 unspecified atom stereocenters. The van der Waals surface area contributed by atoms with E-state index in [2.05, 4.69) is 4.72 Å². The molecule has 2 aromatic rings. The maximum atomic E-state index is 11.9. The summed E-state index contributed by atoms with van der Waals surface area (Å²) in [7, 11) is -3.44. The van der Waals surface area contributed by atoms with Crippen molar-refractivity contribution >= 4 is 38.6 Å². The van der Waals surface area contributed by atoms with Crippen molar-refractivity contribution in [2.24, 2.45) is 5.73 Å². The van der Waals surface area contributed by atoms with Crippen molar-refractivity contribution in [2.75, 3.05) is 0 Å². The van der Waals surface area contributed by atoms with E-state index >= 15 is 0 Å². The van der Waals surface area contributed by atoms with Gasteiger partial charge in [-0.05, 0) is 23.1 Å². The molecular weight excluding hydrogens is 300 g/mol. The van der Waals surface area contributed by atoms with Crippen LogP contribution in [0, 0.1) is 0 Å². The van der Waals surface area contributed by atoms with Gasteiger partial charge in [0.1, 0.15) is 9.20 Å². The molecule has 1 aromatic heterocycles. The van der Waals surface area contributed by atoms with Gasteiger partial charge in [0.05, 0.1) is 0 Å². The topological polar surface area (TPSA) is 72.2 Å². The number of rotatable bonds is 5. The lowest BCUT2D eigenvalue weighted by Crippen LogP contribution is -2.22. The van der Waals surface area contributed by atoms with Crippen LogP contribution in [0.25, 0.3) is 0 Å². The van der Waals surface area contributed by atoms with Gasteiger partial charge < -0.3 is 5.73 Å². The minimum atomic E-state index is -3.44. The summed E-state index contributed by atoms with van der Waals surface area (Å²) in [6.45, 7) is 0.205.